The zero-order valence-corrected chi connectivity index (χ0v) is 17.0. The van der Waals surface area contributed by atoms with Gasteiger partial charge in [0.2, 0.25) is 0 Å². The van der Waals surface area contributed by atoms with Crippen LogP contribution in [0.4, 0.5) is 5.69 Å². The van der Waals surface area contributed by atoms with Crippen molar-refractivity contribution in [1.29, 1.82) is 0 Å². The van der Waals surface area contributed by atoms with Crippen molar-refractivity contribution in [3.63, 3.8) is 0 Å². The van der Waals surface area contributed by atoms with E-state index in [1.54, 1.807) is 12.0 Å². The first-order valence-corrected chi connectivity index (χ1v) is 9.54. The van der Waals surface area contributed by atoms with Crippen molar-refractivity contribution in [2.45, 2.75) is 0 Å². The minimum absolute atomic E-state index is 0.232. The number of nitrogens with zero attached hydrogens (tertiary/aromatic N) is 2. The van der Waals surface area contributed by atoms with Crippen LogP contribution in [0.2, 0.25) is 0 Å². The summed E-state index contributed by atoms with van der Waals surface area (Å²) < 4.78 is 14.9. The molecule has 0 N–H and O–H groups in total. The molecule has 1 aliphatic heterocycles. The number of esters is 2. The van der Waals surface area contributed by atoms with Crippen LogP contribution in [0.25, 0.3) is 0 Å². The summed E-state index contributed by atoms with van der Waals surface area (Å²) in [6, 6.07) is 13.7. The molecule has 158 valence electrons. The minimum Gasteiger partial charge on any atom is -0.497 e. The fourth-order valence-electron chi connectivity index (χ4n) is 3.17. The first-order valence-electron chi connectivity index (χ1n) is 9.54. The smallest absolute Gasteiger partial charge is 0.338 e. The van der Waals surface area contributed by atoms with Crippen molar-refractivity contribution in [2.24, 2.45) is 0 Å². The molecule has 0 spiro atoms. The van der Waals surface area contributed by atoms with Gasteiger partial charge in [0.05, 0.1) is 25.3 Å². The van der Waals surface area contributed by atoms with Crippen LogP contribution in [0.1, 0.15) is 20.7 Å². The average molecular weight is 412 g/mol. The Morgan fingerprint density at radius 3 is 1.90 bits per heavy atom. The quantitative estimate of drug-likeness (QED) is 0.671. The lowest BCUT2D eigenvalue weighted by Crippen LogP contribution is -2.49. The van der Waals surface area contributed by atoms with Crippen LogP contribution < -0.4 is 9.64 Å². The van der Waals surface area contributed by atoms with E-state index in [4.69, 9.17) is 9.47 Å². The zero-order valence-electron chi connectivity index (χ0n) is 17.0. The van der Waals surface area contributed by atoms with Crippen molar-refractivity contribution in [3.8, 4) is 5.75 Å². The fourth-order valence-corrected chi connectivity index (χ4v) is 3.17. The number of methoxy groups -OCH3 is 2. The summed E-state index contributed by atoms with van der Waals surface area (Å²) in [6.07, 6.45) is 0. The monoisotopic (exact) mass is 412 g/mol. The molecule has 1 saturated heterocycles. The van der Waals surface area contributed by atoms with Crippen molar-refractivity contribution < 1.29 is 28.6 Å². The summed E-state index contributed by atoms with van der Waals surface area (Å²) in [7, 11) is 2.91. The number of rotatable bonds is 6. The van der Waals surface area contributed by atoms with Gasteiger partial charge in [0.1, 0.15) is 5.75 Å². The third-order valence-electron chi connectivity index (χ3n) is 4.94. The van der Waals surface area contributed by atoms with Crippen LogP contribution >= 0.6 is 0 Å². The summed E-state index contributed by atoms with van der Waals surface area (Å²) in [6.45, 7) is 2.18. The van der Waals surface area contributed by atoms with Gasteiger partial charge in [-0.25, -0.2) is 9.59 Å². The standard InChI is InChI=1S/C22H24N2O6/c1-28-19-9-7-18(8-10-19)23-11-13-24(14-12-23)20(25)15-30-22(27)17-5-3-16(4-6-17)21(26)29-2/h3-10H,11-15H2,1-2H3. The summed E-state index contributed by atoms with van der Waals surface area (Å²) in [4.78, 5) is 39.8. The highest BCUT2D eigenvalue weighted by atomic mass is 16.5. The van der Waals surface area contributed by atoms with Crippen LogP contribution in [0.3, 0.4) is 0 Å². The Bertz CT molecular complexity index is 887. The number of carbonyl (C=O) groups is 3. The highest BCUT2D eigenvalue weighted by Gasteiger charge is 2.22. The van der Waals surface area contributed by atoms with Crippen LogP contribution in [-0.4, -0.2) is 69.8 Å². The van der Waals surface area contributed by atoms with Gasteiger partial charge in [0.15, 0.2) is 6.61 Å². The van der Waals surface area contributed by atoms with Crippen LogP contribution in [-0.2, 0) is 14.3 Å². The fraction of sp³-hybridized carbons (Fsp3) is 0.318. The molecule has 0 atom stereocenters. The van der Waals surface area contributed by atoms with E-state index in [2.05, 4.69) is 9.64 Å². The Balaban J connectivity index is 1.46. The number of ether oxygens (including phenoxy) is 3. The number of benzene rings is 2. The molecule has 1 fully saturated rings. The van der Waals surface area contributed by atoms with Crippen molar-refractivity contribution in [2.75, 3.05) is 51.9 Å². The Kier molecular flexibility index (Phi) is 6.90. The lowest BCUT2D eigenvalue weighted by atomic mass is 10.1. The summed E-state index contributed by atoms with van der Waals surface area (Å²) in [5.41, 5.74) is 1.67. The molecular weight excluding hydrogens is 388 g/mol. The van der Waals surface area contributed by atoms with Gasteiger partial charge in [-0.05, 0) is 48.5 Å². The van der Waals surface area contributed by atoms with Gasteiger partial charge in [-0.15, -0.1) is 0 Å². The third kappa shape index (κ3) is 5.08. The second-order valence-corrected chi connectivity index (χ2v) is 6.71. The molecular formula is C22H24N2O6. The van der Waals surface area contributed by atoms with E-state index in [0.717, 1.165) is 11.4 Å². The summed E-state index contributed by atoms with van der Waals surface area (Å²) in [5.74, 6) is -0.534. The first kappa shape index (κ1) is 21.2. The molecule has 2 aromatic rings. The molecule has 2 aromatic carbocycles. The molecule has 0 aromatic heterocycles. The molecule has 0 saturated carbocycles. The molecule has 0 radical (unpaired) electrons. The molecule has 8 heteroatoms. The highest BCUT2D eigenvalue weighted by Crippen LogP contribution is 2.20. The maximum Gasteiger partial charge on any atom is 0.338 e. The first-order chi connectivity index (χ1) is 14.5. The molecule has 1 aliphatic rings. The average Bonchev–Trinajstić information content (AvgIpc) is 2.82. The van der Waals surface area contributed by atoms with Crippen molar-refractivity contribution in [3.05, 3.63) is 59.7 Å². The third-order valence-corrected chi connectivity index (χ3v) is 4.94. The van der Waals surface area contributed by atoms with Crippen LogP contribution in [0.5, 0.6) is 5.75 Å². The molecule has 8 nitrogen and oxygen atoms in total. The van der Waals surface area contributed by atoms with Crippen molar-refractivity contribution >= 4 is 23.5 Å². The lowest BCUT2D eigenvalue weighted by molar-refractivity contribution is -0.134. The van der Waals surface area contributed by atoms with E-state index in [-0.39, 0.29) is 18.1 Å². The van der Waals surface area contributed by atoms with Gasteiger partial charge in [-0.1, -0.05) is 0 Å². The zero-order chi connectivity index (χ0) is 21.5. The summed E-state index contributed by atoms with van der Waals surface area (Å²) >= 11 is 0. The van der Waals surface area contributed by atoms with Crippen molar-refractivity contribution in [1.82, 2.24) is 4.90 Å². The molecule has 1 amide bonds. The van der Waals surface area contributed by atoms with E-state index < -0.39 is 11.9 Å². The van der Waals surface area contributed by atoms with E-state index in [9.17, 15) is 14.4 Å². The van der Waals surface area contributed by atoms with Crippen LogP contribution in [0.15, 0.2) is 48.5 Å². The lowest BCUT2D eigenvalue weighted by Gasteiger charge is -2.36. The molecule has 0 bridgehead atoms. The van der Waals surface area contributed by atoms with Gasteiger partial charge < -0.3 is 24.0 Å². The number of hydrogen-bond acceptors (Lipinski definition) is 7. The Morgan fingerprint density at radius 1 is 0.800 bits per heavy atom. The Hall–Kier alpha value is -3.55. The van der Waals surface area contributed by atoms with Gasteiger partial charge in [-0.3, -0.25) is 4.79 Å². The normalized spacial score (nSPS) is 13.5. The minimum atomic E-state index is -0.614. The van der Waals surface area contributed by atoms with E-state index in [1.165, 1.54) is 31.4 Å². The van der Waals surface area contributed by atoms with Gasteiger partial charge in [0, 0.05) is 31.9 Å². The van der Waals surface area contributed by atoms with E-state index in [0.29, 0.717) is 31.7 Å². The molecule has 3 rings (SSSR count). The molecule has 30 heavy (non-hydrogen) atoms. The predicted molar refractivity (Wildman–Crippen MR) is 110 cm³/mol. The van der Waals surface area contributed by atoms with E-state index >= 15 is 0 Å². The largest absolute Gasteiger partial charge is 0.497 e. The predicted octanol–water partition coefficient (Wildman–Crippen LogP) is 1.99. The Morgan fingerprint density at radius 2 is 1.37 bits per heavy atom. The highest BCUT2D eigenvalue weighted by molar-refractivity contribution is 5.94. The number of hydrogen-bond donors (Lipinski definition) is 0. The number of anilines is 1. The molecule has 0 unspecified atom stereocenters. The van der Waals surface area contributed by atoms with Gasteiger partial charge >= 0.3 is 11.9 Å². The SMILES string of the molecule is COC(=O)c1ccc(C(=O)OCC(=O)N2CCN(c3ccc(OC)cc3)CC2)cc1. The Labute approximate surface area is 174 Å². The topological polar surface area (TPSA) is 85.4 Å². The summed E-state index contributed by atoms with van der Waals surface area (Å²) in [5, 5.41) is 0. The maximum atomic E-state index is 12.4. The van der Waals surface area contributed by atoms with Crippen LogP contribution in [0, 0.1) is 0 Å². The number of carbonyl (C=O) groups excluding carboxylic acids is 3. The molecule has 1 heterocycles. The van der Waals surface area contributed by atoms with E-state index in [1.807, 2.05) is 24.3 Å². The second-order valence-electron chi connectivity index (χ2n) is 6.71. The number of amides is 1. The maximum absolute atomic E-state index is 12.4. The second kappa shape index (κ2) is 9.78. The molecule has 0 aliphatic carbocycles. The number of piperazine rings is 1. The van der Waals surface area contributed by atoms with Gasteiger partial charge in [0.25, 0.3) is 5.91 Å². The van der Waals surface area contributed by atoms with Gasteiger partial charge in [-0.2, -0.15) is 0 Å².